The molecule has 134 valence electrons. The van der Waals surface area contributed by atoms with Gasteiger partial charge in [-0.15, -0.1) is 0 Å². The SMILES string of the molecule is Clc1ccc(N2CCN(CCCc3[nH]nc4c3CSCC4)CC2)cc1. The Balaban J connectivity index is 1.23. The molecule has 2 aliphatic rings. The summed E-state index contributed by atoms with van der Waals surface area (Å²) >= 11 is 8.02. The van der Waals surface area contributed by atoms with Crippen LogP contribution in [0.4, 0.5) is 5.69 Å². The lowest BCUT2D eigenvalue weighted by atomic mass is 10.1. The minimum atomic E-state index is 0.807. The first-order valence-corrected chi connectivity index (χ1v) is 10.7. The quantitative estimate of drug-likeness (QED) is 0.864. The second-order valence-corrected chi connectivity index (χ2v) is 8.38. The number of nitrogens with one attached hydrogen (secondary N) is 1. The van der Waals surface area contributed by atoms with Gasteiger partial charge in [0, 0.05) is 60.3 Å². The predicted octanol–water partition coefficient (Wildman–Crippen LogP) is 3.61. The summed E-state index contributed by atoms with van der Waals surface area (Å²) in [6.45, 7) is 5.64. The maximum atomic E-state index is 5.98. The van der Waals surface area contributed by atoms with Gasteiger partial charge in [-0.3, -0.25) is 10.00 Å². The molecule has 0 bridgehead atoms. The molecule has 25 heavy (non-hydrogen) atoms. The minimum Gasteiger partial charge on any atom is -0.369 e. The van der Waals surface area contributed by atoms with Crippen LogP contribution in [0.2, 0.25) is 5.02 Å². The van der Waals surface area contributed by atoms with Gasteiger partial charge in [0.25, 0.3) is 0 Å². The first-order valence-electron chi connectivity index (χ1n) is 9.15. The number of benzene rings is 1. The van der Waals surface area contributed by atoms with E-state index >= 15 is 0 Å². The molecule has 0 atom stereocenters. The number of aromatic amines is 1. The van der Waals surface area contributed by atoms with E-state index in [1.54, 1.807) is 0 Å². The van der Waals surface area contributed by atoms with Crippen LogP contribution in [0.1, 0.15) is 23.4 Å². The highest BCUT2D eigenvalue weighted by Gasteiger charge is 2.19. The van der Waals surface area contributed by atoms with E-state index in [1.807, 2.05) is 23.9 Å². The van der Waals surface area contributed by atoms with Crippen LogP contribution in [0.3, 0.4) is 0 Å². The van der Waals surface area contributed by atoms with E-state index in [1.165, 1.54) is 41.4 Å². The van der Waals surface area contributed by atoms with E-state index in [0.717, 1.165) is 49.8 Å². The monoisotopic (exact) mass is 376 g/mol. The molecular weight excluding hydrogens is 352 g/mol. The van der Waals surface area contributed by atoms with Gasteiger partial charge in [0.15, 0.2) is 0 Å². The van der Waals surface area contributed by atoms with Crippen molar-refractivity contribution in [2.24, 2.45) is 0 Å². The van der Waals surface area contributed by atoms with Crippen LogP contribution in [-0.4, -0.2) is 53.6 Å². The maximum absolute atomic E-state index is 5.98. The molecule has 0 amide bonds. The van der Waals surface area contributed by atoms with E-state index in [2.05, 4.69) is 32.1 Å². The summed E-state index contributed by atoms with van der Waals surface area (Å²) in [5.74, 6) is 2.36. The Morgan fingerprint density at radius 2 is 1.92 bits per heavy atom. The molecular formula is C19H25ClN4S. The number of thioether (sulfide) groups is 1. The van der Waals surface area contributed by atoms with Crippen molar-refractivity contribution < 1.29 is 0 Å². The van der Waals surface area contributed by atoms with Crippen molar-refractivity contribution in [1.82, 2.24) is 15.1 Å². The summed E-state index contributed by atoms with van der Waals surface area (Å²) in [6.07, 6.45) is 3.46. The van der Waals surface area contributed by atoms with Crippen LogP contribution < -0.4 is 4.90 Å². The Morgan fingerprint density at radius 1 is 1.12 bits per heavy atom. The summed E-state index contributed by atoms with van der Waals surface area (Å²) < 4.78 is 0. The van der Waals surface area contributed by atoms with Crippen molar-refractivity contribution in [1.29, 1.82) is 0 Å². The van der Waals surface area contributed by atoms with E-state index < -0.39 is 0 Å². The van der Waals surface area contributed by atoms with E-state index in [4.69, 9.17) is 11.6 Å². The summed E-state index contributed by atoms with van der Waals surface area (Å²) in [5.41, 5.74) is 5.46. The van der Waals surface area contributed by atoms with Crippen LogP contribution in [-0.2, 0) is 18.6 Å². The number of hydrogen-bond acceptors (Lipinski definition) is 4. The number of piperazine rings is 1. The van der Waals surface area contributed by atoms with Crippen molar-refractivity contribution in [3.05, 3.63) is 46.2 Å². The molecule has 2 aromatic rings. The van der Waals surface area contributed by atoms with Crippen molar-refractivity contribution in [3.8, 4) is 0 Å². The highest BCUT2D eigenvalue weighted by atomic mass is 35.5. The molecule has 1 aromatic carbocycles. The number of nitrogens with zero attached hydrogens (tertiary/aromatic N) is 3. The van der Waals surface area contributed by atoms with Crippen molar-refractivity contribution in [2.45, 2.75) is 25.0 Å². The number of rotatable bonds is 5. The Hall–Kier alpha value is -1.17. The van der Waals surface area contributed by atoms with Gasteiger partial charge < -0.3 is 4.90 Å². The molecule has 0 saturated carbocycles. The second kappa shape index (κ2) is 8.02. The summed E-state index contributed by atoms with van der Waals surface area (Å²) in [4.78, 5) is 5.04. The van der Waals surface area contributed by atoms with Gasteiger partial charge in [0.2, 0.25) is 0 Å². The van der Waals surface area contributed by atoms with Crippen LogP contribution >= 0.6 is 23.4 Å². The van der Waals surface area contributed by atoms with Gasteiger partial charge in [-0.05, 0) is 49.4 Å². The highest BCUT2D eigenvalue weighted by molar-refractivity contribution is 7.98. The molecule has 0 radical (unpaired) electrons. The second-order valence-electron chi connectivity index (χ2n) is 6.84. The first-order chi connectivity index (χ1) is 12.3. The number of hydrogen-bond donors (Lipinski definition) is 1. The molecule has 1 N–H and O–H groups in total. The van der Waals surface area contributed by atoms with E-state index in [9.17, 15) is 0 Å². The number of aromatic nitrogens is 2. The average Bonchev–Trinajstić information content (AvgIpc) is 3.06. The lowest BCUT2D eigenvalue weighted by molar-refractivity contribution is 0.255. The molecule has 6 heteroatoms. The molecule has 0 aliphatic carbocycles. The molecule has 3 heterocycles. The smallest absolute Gasteiger partial charge is 0.0673 e. The third-order valence-corrected chi connectivity index (χ3v) is 6.47. The minimum absolute atomic E-state index is 0.807. The zero-order valence-corrected chi connectivity index (χ0v) is 16.1. The fraction of sp³-hybridized carbons (Fsp3) is 0.526. The van der Waals surface area contributed by atoms with Crippen LogP contribution in [0.25, 0.3) is 0 Å². The highest BCUT2D eigenvalue weighted by Crippen LogP contribution is 2.26. The lowest BCUT2D eigenvalue weighted by Gasteiger charge is -2.36. The van der Waals surface area contributed by atoms with Crippen molar-refractivity contribution in [3.63, 3.8) is 0 Å². The van der Waals surface area contributed by atoms with Crippen LogP contribution in [0.5, 0.6) is 0 Å². The maximum Gasteiger partial charge on any atom is 0.0673 e. The fourth-order valence-corrected chi connectivity index (χ4v) is 4.89. The van der Waals surface area contributed by atoms with Gasteiger partial charge in [-0.1, -0.05) is 11.6 Å². The fourth-order valence-electron chi connectivity index (χ4n) is 3.73. The van der Waals surface area contributed by atoms with Crippen LogP contribution in [0, 0.1) is 0 Å². The molecule has 4 rings (SSSR count). The summed E-state index contributed by atoms with van der Waals surface area (Å²) in [5, 5.41) is 8.60. The molecule has 0 unspecified atom stereocenters. The third-order valence-electron chi connectivity index (χ3n) is 5.23. The van der Waals surface area contributed by atoms with Crippen molar-refractivity contribution in [2.75, 3.05) is 43.4 Å². The van der Waals surface area contributed by atoms with E-state index in [-0.39, 0.29) is 0 Å². The Morgan fingerprint density at radius 3 is 2.72 bits per heavy atom. The number of halogens is 1. The number of H-pyrrole nitrogens is 1. The predicted molar refractivity (Wildman–Crippen MR) is 107 cm³/mol. The van der Waals surface area contributed by atoms with E-state index in [0.29, 0.717) is 0 Å². The molecule has 1 aromatic heterocycles. The number of aryl methyl sites for hydroxylation is 2. The average molecular weight is 377 g/mol. The van der Waals surface area contributed by atoms with Gasteiger partial charge >= 0.3 is 0 Å². The largest absolute Gasteiger partial charge is 0.369 e. The number of fused-ring (bicyclic) bond motifs is 1. The first kappa shape index (κ1) is 17.3. The Kier molecular flexibility index (Phi) is 5.54. The third kappa shape index (κ3) is 4.15. The van der Waals surface area contributed by atoms with Crippen LogP contribution in [0.15, 0.2) is 24.3 Å². The molecule has 2 aliphatic heterocycles. The molecule has 1 fully saturated rings. The van der Waals surface area contributed by atoms with Gasteiger partial charge in [-0.2, -0.15) is 16.9 Å². The Labute approximate surface area is 158 Å². The molecule has 0 spiro atoms. The molecule has 4 nitrogen and oxygen atoms in total. The van der Waals surface area contributed by atoms with Gasteiger partial charge in [0.05, 0.1) is 5.69 Å². The zero-order valence-electron chi connectivity index (χ0n) is 14.5. The standard InChI is InChI=1S/C19H25ClN4S/c20-15-3-5-16(6-4-15)24-11-9-23(10-12-24)8-1-2-18-17-14-25-13-7-19(17)22-21-18/h3-6H,1-2,7-14H2,(H,21,22). The van der Waals surface area contributed by atoms with Gasteiger partial charge in [0.1, 0.15) is 0 Å². The summed E-state index contributed by atoms with van der Waals surface area (Å²) in [6, 6.07) is 8.20. The Bertz CT molecular complexity index is 692. The molecule has 1 saturated heterocycles. The lowest BCUT2D eigenvalue weighted by Crippen LogP contribution is -2.46. The number of anilines is 1. The topological polar surface area (TPSA) is 35.2 Å². The zero-order chi connectivity index (χ0) is 17.1. The summed E-state index contributed by atoms with van der Waals surface area (Å²) in [7, 11) is 0. The van der Waals surface area contributed by atoms with Crippen molar-refractivity contribution >= 4 is 29.1 Å². The normalized spacial score (nSPS) is 18.4. The van der Waals surface area contributed by atoms with Gasteiger partial charge in [-0.25, -0.2) is 0 Å².